The van der Waals surface area contributed by atoms with Crippen molar-refractivity contribution in [2.75, 3.05) is 47.0 Å². The molecule has 6 nitrogen and oxygen atoms in total. The molecular formula is C25H37IN4O2. The smallest absolute Gasteiger partial charge is 0.193 e. The summed E-state index contributed by atoms with van der Waals surface area (Å²) in [6, 6.07) is 20.8. The maximum absolute atomic E-state index is 5.83. The molecule has 176 valence electrons. The van der Waals surface area contributed by atoms with Gasteiger partial charge in [0.1, 0.15) is 12.4 Å². The van der Waals surface area contributed by atoms with E-state index in [1.54, 1.807) is 0 Å². The number of ether oxygens (including phenoxy) is 2. The molecule has 0 radical (unpaired) electrons. The van der Waals surface area contributed by atoms with Crippen LogP contribution in [0.3, 0.4) is 0 Å². The van der Waals surface area contributed by atoms with E-state index in [2.05, 4.69) is 57.8 Å². The van der Waals surface area contributed by atoms with Crippen LogP contribution in [-0.4, -0.2) is 63.4 Å². The normalized spacial score (nSPS) is 16.5. The lowest BCUT2D eigenvalue weighted by atomic mass is 9.88. The SMILES string of the molecule is CN=C(NCC1(NC(C)c2ccccc2)CCOCC1)N(C)CCOc1ccccc1.I. The third kappa shape index (κ3) is 7.94. The van der Waals surface area contributed by atoms with Crippen LogP contribution in [0, 0.1) is 0 Å². The van der Waals surface area contributed by atoms with E-state index >= 15 is 0 Å². The lowest BCUT2D eigenvalue weighted by molar-refractivity contribution is 0.0353. The van der Waals surface area contributed by atoms with Crippen molar-refractivity contribution in [1.29, 1.82) is 0 Å². The number of halogens is 1. The van der Waals surface area contributed by atoms with Crippen molar-refractivity contribution < 1.29 is 9.47 Å². The second-order valence-electron chi connectivity index (χ2n) is 8.15. The van der Waals surface area contributed by atoms with Gasteiger partial charge in [-0.25, -0.2) is 0 Å². The number of nitrogens with zero attached hydrogens (tertiary/aromatic N) is 2. The Hall–Kier alpha value is -1.84. The summed E-state index contributed by atoms with van der Waals surface area (Å²) in [6.45, 7) is 5.92. The molecule has 1 aliphatic rings. The molecule has 2 aromatic rings. The Bertz CT molecular complexity index is 798. The van der Waals surface area contributed by atoms with Gasteiger partial charge < -0.3 is 25.0 Å². The number of guanidine groups is 1. The van der Waals surface area contributed by atoms with E-state index in [1.807, 2.05) is 44.4 Å². The Balaban J connectivity index is 0.00000363. The molecule has 1 saturated heterocycles. The van der Waals surface area contributed by atoms with Gasteiger partial charge in [-0.2, -0.15) is 0 Å². The number of aliphatic imine (C=N–C) groups is 1. The lowest BCUT2D eigenvalue weighted by Gasteiger charge is -2.41. The van der Waals surface area contributed by atoms with E-state index in [1.165, 1.54) is 5.56 Å². The minimum Gasteiger partial charge on any atom is -0.492 e. The van der Waals surface area contributed by atoms with E-state index in [4.69, 9.17) is 9.47 Å². The van der Waals surface area contributed by atoms with Crippen LogP contribution in [0.5, 0.6) is 5.75 Å². The topological polar surface area (TPSA) is 58.1 Å². The molecule has 0 saturated carbocycles. The molecule has 7 heteroatoms. The van der Waals surface area contributed by atoms with Gasteiger partial charge in [-0.3, -0.25) is 4.99 Å². The fourth-order valence-electron chi connectivity index (χ4n) is 3.97. The lowest BCUT2D eigenvalue weighted by Crippen LogP contribution is -2.58. The Kier molecular flexibility index (Phi) is 11.3. The quantitative estimate of drug-likeness (QED) is 0.279. The van der Waals surface area contributed by atoms with E-state index in [0.29, 0.717) is 6.61 Å². The summed E-state index contributed by atoms with van der Waals surface area (Å²) in [5.74, 6) is 1.76. The molecule has 1 heterocycles. The molecule has 2 N–H and O–H groups in total. The Labute approximate surface area is 209 Å². The summed E-state index contributed by atoms with van der Waals surface area (Å²) in [6.07, 6.45) is 1.93. The second-order valence-corrected chi connectivity index (χ2v) is 8.15. The average Bonchev–Trinajstić information content (AvgIpc) is 2.81. The number of benzene rings is 2. The molecule has 32 heavy (non-hydrogen) atoms. The molecule has 1 unspecified atom stereocenters. The van der Waals surface area contributed by atoms with Gasteiger partial charge in [0.25, 0.3) is 0 Å². The molecule has 1 fully saturated rings. The third-order valence-corrected chi connectivity index (χ3v) is 5.87. The summed E-state index contributed by atoms with van der Waals surface area (Å²) in [7, 11) is 3.87. The van der Waals surface area contributed by atoms with Gasteiger partial charge in [0.05, 0.1) is 6.54 Å². The van der Waals surface area contributed by atoms with Crippen molar-refractivity contribution in [3.63, 3.8) is 0 Å². The molecule has 0 spiro atoms. The number of hydrogen-bond donors (Lipinski definition) is 2. The van der Waals surface area contributed by atoms with Crippen molar-refractivity contribution in [2.24, 2.45) is 4.99 Å². The molecule has 0 bridgehead atoms. The monoisotopic (exact) mass is 552 g/mol. The summed E-state index contributed by atoms with van der Waals surface area (Å²) in [5.41, 5.74) is 1.26. The fourth-order valence-corrected chi connectivity index (χ4v) is 3.97. The van der Waals surface area contributed by atoms with Crippen molar-refractivity contribution in [3.8, 4) is 5.75 Å². The number of likely N-dealkylation sites (N-methyl/N-ethyl adjacent to an activating group) is 1. The zero-order valence-electron chi connectivity index (χ0n) is 19.4. The zero-order chi connectivity index (χ0) is 21.9. The summed E-state index contributed by atoms with van der Waals surface area (Å²) >= 11 is 0. The minimum absolute atomic E-state index is 0. The van der Waals surface area contributed by atoms with Crippen LogP contribution in [0.2, 0.25) is 0 Å². The molecule has 1 aliphatic heterocycles. The largest absolute Gasteiger partial charge is 0.492 e. The summed E-state index contributed by atoms with van der Waals surface area (Å²) in [4.78, 5) is 6.59. The van der Waals surface area contributed by atoms with Crippen molar-refractivity contribution in [3.05, 3.63) is 66.2 Å². The van der Waals surface area contributed by atoms with Crippen molar-refractivity contribution in [1.82, 2.24) is 15.5 Å². The van der Waals surface area contributed by atoms with Gasteiger partial charge in [0, 0.05) is 45.4 Å². The molecule has 3 rings (SSSR count). The molecule has 0 aliphatic carbocycles. The summed E-state index contributed by atoms with van der Waals surface area (Å²) in [5, 5.41) is 7.48. The first kappa shape index (κ1) is 26.4. The maximum atomic E-state index is 5.83. The van der Waals surface area contributed by atoms with Crippen LogP contribution in [0.15, 0.2) is 65.7 Å². The number of rotatable bonds is 9. The molecule has 1 atom stereocenters. The zero-order valence-corrected chi connectivity index (χ0v) is 21.8. The first-order valence-corrected chi connectivity index (χ1v) is 11.1. The van der Waals surface area contributed by atoms with Gasteiger partial charge in [0.15, 0.2) is 5.96 Å². The predicted octanol–water partition coefficient (Wildman–Crippen LogP) is 4.09. The van der Waals surface area contributed by atoms with E-state index in [-0.39, 0.29) is 35.6 Å². The first-order chi connectivity index (χ1) is 15.1. The van der Waals surface area contributed by atoms with Crippen LogP contribution >= 0.6 is 24.0 Å². The van der Waals surface area contributed by atoms with Crippen LogP contribution in [0.1, 0.15) is 31.4 Å². The Morgan fingerprint density at radius 1 is 1.09 bits per heavy atom. The number of hydrogen-bond acceptors (Lipinski definition) is 4. The van der Waals surface area contributed by atoms with Crippen LogP contribution in [-0.2, 0) is 4.74 Å². The van der Waals surface area contributed by atoms with Crippen LogP contribution in [0.25, 0.3) is 0 Å². The van der Waals surface area contributed by atoms with Crippen LogP contribution < -0.4 is 15.4 Å². The number of para-hydroxylation sites is 1. The Morgan fingerprint density at radius 2 is 1.72 bits per heavy atom. The number of nitrogens with one attached hydrogen (secondary N) is 2. The minimum atomic E-state index is -0.0369. The maximum Gasteiger partial charge on any atom is 0.193 e. The molecule has 2 aromatic carbocycles. The Morgan fingerprint density at radius 3 is 2.34 bits per heavy atom. The van der Waals surface area contributed by atoms with E-state index in [9.17, 15) is 0 Å². The van der Waals surface area contributed by atoms with Crippen LogP contribution in [0.4, 0.5) is 0 Å². The van der Waals surface area contributed by atoms with Gasteiger partial charge in [-0.05, 0) is 37.5 Å². The molecular weight excluding hydrogens is 515 g/mol. The highest BCUT2D eigenvalue weighted by molar-refractivity contribution is 14.0. The van der Waals surface area contributed by atoms with Crippen molar-refractivity contribution >= 4 is 29.9 Å². The average molecular weight is 553 g/mol. The van der Waals surface area contributed by atoms with E-state index in [0.717, 1.165) is 50.9 Å². The third-order valence-electron chi connectivity index (χ3n) is 5.87. The molecule has 0 amide bonds. The van der Waals surface area contributed by atoms with Gasteiger partial charge in [-0.1, -0.05) is 48.5 Å². The van der Waals surface area contributed by atoms with Gasteiger partial charge in [-0.15, -0.1) is 24.0 Å². The van der Waals surface area contributed by atoms with E-state index < -0.39 is 0 Å². The van der Waals surface area contributed by atoms with Crippen molar-refractivity contribution in [2.45, 2.75) is 31.3 Å². The molecule has 0 aromatic heterocycles. The highest BCUT2D eigenvalue weighted by Gasteiger charge is 2.34. The second kappa shape index (κ2) is 13.6. The standard InChI is InChI=1S/C25H36N4O2.HI/c1-21(22-10-6-4-7-11-22)28-25(14-17-30-18-15-25)20-27-24(26-2)29(3)16-19-31-23-12-8-5-9-13-23;/h4-13,21,28H,14-20H2,1-3H3,(H,26,27);1H. The van der Waals surface area contributed by atoms with Gasteiger partial charge >= 0.3 is 0 Å². The van der Waals surface area contributed by atoms with Gasteiger partial charge in [0.2, 0.25) is 0 Å². The first-order valence-electron chi connectivity index (χ1n) is 11.1. The summed E-state index contributed by atoms with van der Waals surface area (Å²) < 4.78 is 11.5. The predicted molar refractivity (Wildman–Crippen MR) is 142 cm³/mol. The highest BCUT2D eigenvalue weighted by atomic mass is 127. The fraction of sp³-hybridized carbons (Fsp3) is 0.480. The highest BCUT2D eigenvalue weighted by Crippen LogP contribution is 2.25.